The zero-order valence-electron chi connectivity index (χ0n) is 13.1. The number of carbonyl (C=O) groups is 1. The van der Waals surface area contributed by atoms with Crippen LogP contribution in [-0.2, 0) is 4.74 Å². The lowest BCUT2D eigenvalue weighted by atomic mass is 10.0. The molecule has 1 saturated heterocycles. The number of nitrogens with zero attached hydrogens (tertiary/aromatic N) is 1. The molecule has 1 fully saturated rings. The van der Waals surface area contributed by atoms with Crippen LogP contribution in [0.15, 0.2) is 24.3 Å². The van der Waals surface area contributed by atoms with Gasteiger partial charge in [0.25, 0.3) is 0 Å². The first kappa shape index (κ1) is 15.8. The van der Waals surface area contributed by atoms with Gasteiger partial charge in [0.15, 0.2) is 0 Å². The molecule has 1 N–H and O–H groups in total. The van der Waals surface area contributed by atoms with E-state index in [-0.39, 0.29) is 5.97 Å². The summed E-state index contributed by atoms with van der Waals surface area (Å²) in [5, 5.41) is 3.52. The van der Waals surface area contributed by atoms with E-state index in [9.17, 15) is 4.79 Å². The number of rotatable bonds is 6. The summed E-state index contributed by atoms with van der Waals surface area (Å²) in [7, 11) is 0. The van der Waals surface area contributed by atoms with E-state index in [1.807, 2.05) is 31.2 Å². The summed E-state index contributed by atoms with van der Waals surface area (Å²) in [5.74, 6) is -0.246. The standard InChI is InChI=1S/C17H26N2O2/c1-3-11-19-12-9-14(10-13-19)18-16-8-6-5-7-15(16)17(20)21-4-2/h5-8,14,18H,3-4,9-13H2,1-2H3. The Labute approximate surface area is 127 Å². The van der Waals surface area contributed by atoms with E-state index in [1.54, 1.807) is 0 Å². The number of carbonyl (C=O) groups excluding carboxylic acids is 1. The van der Waals surface area contributed by atoms with E-state index >= 15 is 0 Å². The summed E-state index contributed by atoms with van der Waals surface area (Å²) < 4.78 is 5.12. The lowest BCUT2D eigenvalue weighted by molar-refractivity contribution is 0.0527. The Kier molecular flexibility index (Phi) is 6.05. The number of ether oxygens (including phenoxy) is 1. The number of para-hydroxylation sites is 1. The lowest BCUT2D eigenvalue weighted by Crippen LogP contribution is -2.39. The molecule has 0 saturated carbocycles. The maximum atomic E-state index is 12.0. The molecule has 4 nitrogen and oxygen atoms in total. The Morgan fingerprint density at radius 3 is 2.67 bits per heavy atom. The van der Waals surface area contributed by atoms with E-state index in [1.165, 1.54) is 13.0 Å². The molecule has 0 radical (unpaired) electrons. The maximum absolute atomic E-state index is 12.0. The molecule has 0 spiro atoms. The molecule has 1 heterocycles. The highest BCUT2D eigenvalue weighted by atomic mass is 16.5. The molecule has 0 aliphatic carbocycles. The number of hydrogen-bond acceptors (Lipinski definition) is 4. The number of likely N-dealkylation sites (tertiary alicyclic amines) is 1. The van der Waals surface area contributed by atoms with Crippen LogP contribution in [0.3, 0.4) is 0 Å². The summed E-state index contributed by atoms with van der Waals surface area (Å²) in [6.45, 7) is 7.91. The van der Waals surface area contributed by atoms with Gasteiger partial charge in [0.1, 0.15) is 0 Å². The average Bonchev–Trinajstić information content (AvgIpc) is 2.50. The van der Waals surface area contributed by atoms with E-state index in [2.05, 4.69) is 17.1 Å². The first-order chi connectivity index (χ1) is 10.2. The monoisotopic (exact) mass is 290 g/mol. The Bertz CT molecular complexity index is 454. The van der Waals surface area contributed by atoms with Crippen molar-refractivity contribution in [2.45, 2.75) is 39.2 Å². The first-order valence-corrected chi connectivity index (χ1v) is 7.99. The molecule has 0 amide bonds. The quantitative estimate of drug-likeness (QED) is 0.817. The molecule has 116 valence electrons. The Morgan fingerprint density at radius 1 is 1.29 bits per heavy atom. The molecule has 0 aromatic heterocycles. The lowest BCUT2D eigenvalue weighted by Gasteiger charge is -2.32. The van der Waals surface area contributed by atoms with Crippen LogP contribution in [0.2, 0.25) is 0 Å². The van der Waals surface area contributed by atoms with Crippen LogP contribution < -0.4 is 5.32 Å². The highest BCUT2D eigenvalue weighted by Crippen LogP contribution is 2.21. The van der Waals surface area contributed by atoms with Crippen LogP contribution in [0.5, 0.6) is 0 Å². The van der Waals surface area contributed by atoms with Gasteiger partial charge in [-0.25, -0.2) is 4.79 Å². The number of hydrogen-bond donors (Lipinski definition) is 1. The summed E-state index contributed by atoms with van der Waals surface area (Å²) in [5.41, 5.74) is 1.53. The fourth-order valence-electron chi connectivity index (χ4n) is 2.83. The Hall–Kier alpha value is -1.55. The largest absolute Gasteiger partial charge is 0.462 e. The maximum Gasteiger partial charge on any atom is 0.340 e. The molecule has 1 aromatic carbocycles. The molecule has 0 bridgehead atoms. The first-order valence-electron chi connectivity index (χ1n) is 7.99. The topological polar surface area (TPSA) is 41.6 Å². The molecule has 0 unspecified atom stereocenters. The van der Waals surface area contributed by atoms with Gasteiger partial charge in [0.05, 0.1) is 12.2 Å². The van der Waals surface area contributed by atoms with Crippen molar-refractivity contribution < 1.29 is 9.53 Å². The minimum Gasteiger partial charge on any atom is -0.462 e. The molecule has 1 aromatic rings. The van der Waals surface area contributed by atoms with Crippen LogP contribution in [-0.4, -0.2) is 43.2 Å². The van der Waals surface area contributed by atoms with Crippen molar-refractivity contribution >= 4 is 11.7 Å². The third-order valence-corrected chi connectivity index (χ3v) is 3.91. The molecule has 1 aliphatic heterocycles. The Morgan fingerprint density at radius 2 is 2.00 bits per heavy atom. The Balaban J connectivity index is 1.96. The fourth-order valence-corrected chi connectivity index (χ4v) is 2.83. The van der Waals surface area contributed by atoms with Crippen molar-refractivity contribution in [3.63, 3.8) is 0 Å². The molecule has 0 atom stereocenters. The van der Waals surface area contributed by atoms with E-state index in [4.69, 9.17) is 4.74 Å². The van der Waals surface area contributed by atoms with E-state index in [0.717, 1.165) is 31.6 Å². The van der Waals surface area contributed by atoms with Crippen molar-refractivity contribution in [1.29, 1.82) is 0 Å². The second kappa shape index (κ2) is 8.03. The number of esters is 1. The number of anilines is 1. The predicted molar refractivity (Wildman–Crippen MR) is 85.8 cm³/mol. The fraction of sp³-hybridized carbons (Fsp3) is 0.588. The van der Waals surface area contributed by atoms with E-state index in [0.29, 0.717) is 18.2 Å². The summed E-state index contributed by atoms with van der Waals surface area (Å²) in [6.07, 6.45) is 3.46. The molecule has 2 rings (SSSR count). The van der Waals surface area contributed by atoms with Crippen LogP contribution in [0.25, 0.3) is 0 Å². The molecule has 4 heteroatoms. The van der Waals surface area contributed by atoms with Crippen LogP contribution >= 0.6 is 0 Å². The van der Waals surface area contributed by atoms with Crippen LogP contribution in [0.1, 0.15) is 43.5 Å². The zero-order chi connectivity index (χ0) is 15.1. The highest BCUT2D eigenvalue weighted by Gasteiger charge is 2.20. The van der Waals surface area contributed by atoms with Gasteiger partial charge in [0.2, 0.25) is 0 Å². The predicted octanol–water partition coefficient (Wildman–Crippen LogP) is 3.15. The van der Waals surface area contributed by atoms with Crippen molar-refractivity contribution in [2.75, 3.05) is 31.6 Å². The highest BCUT2D eigenvalue weighted by molar-refractivity contribution is 5.95. The van der Waals surface area contributed by atoms with Gasteiger partial charge in [-0.05, 0) is 44.9 Å². The molecule has 1 aliphatic rings. The van der Waals surface area contributed by atoms with Gasteiger partial charge < -0.3 is 15.0 Å². The van der Waals surface area contributed by atoms with Crippen LogP contribution in [0, 0.1) is 0 Å². The average molecular weight is 290 g/mol. The SMILES string of the molecule is CCCN1CCC(Nc2ccccc2C(=O)OCC)CC1. The van der Waals surface area contributed by atoms with Gasteiger partial charge in [-0.15, -0.1) is 0 Å². The summed E-state index contributed by atoms with van der Waals surface area (Å²) in [6, 6.07) is 8.06. The van der Waals surface area contributed by atoms with Gasteiger partial charge >= 0.3 is 5.97 Å². The third-order valence-electron chi connectivity index (χ3n) is 3.91. The zero-order valence-corrected chi connectivity index (χ0v) is 13.1. The number of nitrogens with one attached hydrogen (secondary N) is 1. The minimum atomic E-state index is -0.246. The second-order valence-electron chi connectivity index (χ2n) is 5.53. The van der Waals surface area contributed by atoms with Crippen molar-refractivity contribution in [3.05, 3.63) is 29.8 Å². The van der Waals surface area contributed by atoms with E-state index < -0.39 is 0 Å². The molecular weight excluding hydrogens is 264 g/mol. The van der Waals surface area contributed by atoms with Crippen molar-refractivity contribution in [1.82, 2.24) is 4.90 Å². The van der Waals surface area contributed by atoms with Gasteiger partial charge in [-0.2, -0.15) is 0 Å². The molecular formula is C17H26N2O2. The number of benzene rings is 1. The third kappa shape index (κ3) is 4.46. The van der Waals surface area contributed by atoms with Crippen molar-refractivity contribution in [3.8, 4) is 0 Å². The van der Waals surface area contributed by atoms with Crippen molar-refractivity contribution in [2.24, 2.45) is 0 Å². The smallest absolute Gasteiger partial charge is 0.340 e. The normalized spacial score (nSPS) is 16.7. The second-order valence-corrected chi connectivity index (χ2v) is 5.53. The van der Waals surface area contributed by atoms with Gasteiger partial charge in [0, 0.05) is 24.8 Å². The van der Waals surface area contributed by atoms with Gasteiger partial charge in [-0.1, -0.05) is 19.1 Å². The number of piperidine rings is 1. The molecule has 21 heavy (non-hydrogen) atoms. The summed E-state index contributed by atoms with van der Waals surface area (Å²) in [4.78, 5) is 14.5. The van der Waals surface area contributed by atoms with Gasteiger partial charge in [-0.3, -0.25) is 0 Å². The van der Waals surface area contributed by atoms with Crippen LogP contribution in [0.4, 0.5) is 5.69 Å². The summed E-state index contributed by atoms with van der Waals surface area (Å²) >= 11 is 0. The minimum absolute atomic E-state index is 0.246.